The zero-order valence-electron chi connectivity index (χ0n) is 14.4. The van der Waals surface area contributed by atoms with Crippen LogP contribution in [0.4, 0.5) is 10.6 Å². The van der Waals surface area contributed by atoms with Gasteiger partial charge in [0.25, 0.3) is 0 Å². The van der Waals surface area contributed by atoms with Gasteiger partial charge in [-0.15, -0.1) is 0 Å². The third kappa shape index (κ3) is 4.82. The summed E-state index contributed by atoms with van der Waals surface area (Å²) in [4.78, 5) is 20.8. The van der Waals surface area contributed by atoms with Gasteiger partial charge in [0, 0.05) is 45.5 Å². The number of amides is 2. The molecule has 1 aliphatic rings. The summed E-state index contributed by atoms with van der Waals surface area (Å²) in [7, 11) is 0. The lowest BCUT2D eigenvalue weighted by molar-refractivity contribution is 0.0605. The van der Waals surface area contributed by atoms with Crippen LogP contribution < -0.4 is 10.2 Å². The number of piperazine rings is 1. The third-order valence-electron chi connectivity index (χ3n) is 4.19. The van der Waals surface area contributed by atoms with Crippen LogP contribution in [-0.4, -0.2) is 61.3 Å². The number of hydrogen-bond acceptors (Lipinski definition) is 4. The zero-order chi connectivity index (χ0) is 16.7. The number of nitrogens with one attached hydrogen (secondary N) is 1. The van der Waals surface area contributed by atoms with Crippen LogP contribution in [-0.2, 0) is 4.74 Å². The van der Waals surface area contributed by atoms with Gasteiger partial charge >= 0.3 is 6.03 Å². The second-order valence-corrected chi connectivity index (χ2v) is 5.79. The molecule has 6 heteroatoms. The van der Waals surface area contributed by atoms with Crippen molar-refractivity contribution in [3.05, 3.63) is 23.9 Å². The normalized spacial score (nSPS) is 16.3. The molecule has 0 radical (unpaired) electrons. The highest BCUT2D eigenvalue weighted by Gasteiger charge is 2.22. The Morgan fingerprint density at radius 1 is 1.35 bits per heavy atom. The highest BCUT2D eigenvalue weighted by Crippen LogP contribution is 2.17. The quantitative estimate of drug-likeness (QED) is 0.871. The van der Waals surface area contributed by atoms with Crippen LogP contribution >= 0.6 is 0 Å². The monoisotopic (exact) mass is 320 g/mol. The predicted octanol–water partition coefficient (Wildman–Crippen LogP) is 2.04. The second-order valence-electron chi connectivity index (χ2n) is 5.79. The van der Waals surface area contributed by atoms with Crippen molar-refractivity contribution in [2.75, 3.05) is 44.2 Å². The maximum atomic E-state index is 12.3. The Hall–Kier alpha value is -1.82. The molecule has 0 spiro atoms. The van der Waals surface area contributed by atoms with E-state index in [4.69, 9.17) is 4.74 Å². The lowest BCUT2D eigenvalue weighted by atomic mass is 10.2. The third-order valence-corrected chi connectivity index (χ3v) is 4.19. The molecule has 2 amide bonds. The van der Waals surface area contributed by atoms with E-state index in [1.54, 1.807) is 0 Å². The van der Waals surface area contributed by atoms with E-state index in [0.717, 1.165) is 25.3 Å². The molecule has 1 aromatic heterocycles. The number of carbonyl (C=O) groups is 1. The van der Waals surface area contributed by atoms with Crippen LogP contribution in [0.1, 0.15) is 25.8 Å². The summed E-state index contributed by atoms with van der Waals surface area (Å²) in [5.74, 6) is 1.02. The smallest absolute Gasteiger partial charge is 0.317 e. The summed E-state index contributed by atoms with van der Waals surface area (Å²) < 4.78 is 5.57. The van der Waals surface area contributed by atoms with E-state index in [-0.39, 0.29) is 12.1 Å². The van der Waals surface area contributed by atoms with Gasteiger partial charge in [0.2, 0.25) is 0 Å². The van der Waals surface area contributed by atoms with Gasteiger partial charge in [-0.3, -0.25) is 0 Å². The molecule has 1 N–H and O–H groups in total. The maximum absolute atomic E-state index is 12.3. The number of nitrogens with zero attached hydrogens (tertiary/aromatic N) is 3. The molecule has 128 valence electrons. The Kier molecular flexibility index (Phi) is 6.65. The molecule has 1 aromatic rings. The van der Waals surface area contributed by atoms with E-state index < -0.39 is 0 Å². The topological polar surface area (TPSA) is 57.7 Å². The van der Waals surface area contributed by atoms with Gasteiger partial charge in [0.05, 0.1) is 6.10 Å². The Balaban J connectivity index is 1.80. The van der Waals surface area contributed by atoms with Crippen LogP contribution in [0.3, 0.4) is 0 Å². The number of urea groups is 1. The number of carbonyl (C=O) groups excluding carboxylic acids is 1. The van der Waals surface area contributed by atoms with E-state index in [2.05, 4.69) is 35.1 Å². The summed E-state index contributed by atoms with van der Waals surface area (Å²) >= 11 is 0. The number of hydrogen-bond donors (Lipinski definition) is 1. The van der Waals surface area contributed by atoms with E-state index in [0.29, 0.717) is 26.2 Å². The molecular formula is C17H28N4O2. The highest BCUT2D eigenvalue weighted by molar-refractivity contribution is 5.74. The Morgan fingerprint density at radius 3 is 2.70 bits per heavy atom. The number of aryl methyl sites for hydroxylation is 1. The fraction of sp³-hybridized carbons (Fsp3) is 0.647. The van der Waals surface area contributed by atoms with Gasteiger partial charge in [-0.25, -0.2) is 9.78 Å². The highest BCUT2D eigenvalue weighted by atomic mass is 16.5. The zero-order valence-corrected chi connectivity index (χ0v) is 14.4. The molecule has 1 saturated heterocycles. The van der Waals surface area contributed by atoms with Crippen molar-refractivity contribution in [3.8, 4) is 0 Å². The minimum atomic E-state index is 0.000505. The molecule has 2 rings (SSSR count). The number of anilines is 1. The fourth-order valence-electron chi connectivity index (χ4n) is 2.80. The van der Waals surface area contributed by atoms with E-state index in [1.807, 2.05) is 24.1 Å². The van der Waals surface area contributed by atoms with Crippen molar-refractivity contribution < 1.29 is 9.53 Å². The molecule has 1 aliphatic heterocycles. The molecule has 0 aromatic carbocycles. The number of rotatable bonds is 6. The lowest BCUT2D eigenvalue weighted by Gasteiger charge is -2.36. The van der Waals surface area contributed by atoms with Crippen molar-refractivity contribution in [2.24, 2.45) is 0 Å². The Labute approximate surface area is 138 Å². The minimum absolute atomic E-state index is 0.000505. The van der Waals surface area contributed by atoms with Crippen molar-refractivity contribution in [2.45, 2.75) is 33.3 Å². The maximum Gasteiger partial charge on any atom is 0.317 e. The average molecular weight is 320 g/mol. The molecular weight excluding hydrogens is 292 g/mol. The molecule has 1 unspecified atom stereocenters. The van der Waals surface area contributed by atoms with Crippen molar-refractivity contribution in [1.29, 1.82) is 0 Å². The SMILES string of the molecule is CCOC(CC)CNC(=O)N1CCN(c2ncccc2C)CC1. The first-order valence-electron chi connectivity index (χ1n) is 8.46. The fourth-order valence-corrected chi connectivity index (χ4v) is 2.80. The summed E-state index contributed by atoms with van der Waals surface area (Å²) in [6.07, 6.45) is 2.82. The number of ether oxygens (including phenoxy) is 1. The number of aromatic nitrogens is 1. The van der Waals surface area contributed by atoms with Crippen molar-refractivity contribution in [3.63, 3.8) is 0 Å². The second kappa shape index (κ2) is 8.72. The Morgan fingerprint density at radius 2 is 2.09 bits per heavy atom. The largest absolute Gasteiger partial charge is 0.377 e. The summed E-state index contributed by atoms with van der Waals surface area (Å²) in [5.41, 5.74) is 1.17. The van der Waals surface area contributed by atoms with Gasteiger partial charge in [-0.1, -0.05) is 13.0 Å². The predicted molar refractivity (Wildman–Crippen MR) is 91.9 cm³/mol. The first-order valence-corrected chi connectivity index (χ1v) is 8.46. The summed E-state index contributed by atoms with van der Waals surface area (Å²) in [5, 5.41) is 2.98. The van der Waals surface area contributed by atoms with Gasteiger partial charge in [-0.2, -0.15) is 0 Å². The van der Waals surface area contributed by atoms with Crippen LogP contribution in [0.2, 0.25) is 0 Å². The summed E-state index contributed by atoms with van der Waals surface area (Å²) in [6.45, 7) is 10.4. The molecule has 2 heterocycles. The minimum Gasteiger partial charge on any atom is -0.377 e. The first-order chi connectivity index (χ1) is 11.2. The lowest BCUT2D eigenvalue weighted by Crippen LogP contribution is -2.53. The number of pyridine rings is 1. The van der Waals surface area contributed by atoms with E-state index in [9.17, 15) is 4.79 Å². The van der Waals surface area contributed by atoms with Gasteiger partial charge in [-0.05, 0) is 31.9 Å². The van der Waals surface area contributed by atoms with E-state index >= 15 is 0 Å². The molecule has 23 heavy (non-hydrogen) atoms. The van der Waals surface area contributed by atoms with Crippen LogP contribution in [0.15, 0.2) is 18.3 Å². The van der Waals surface area contributed by atoms with Crippen LogP contribution in [0.5, 0.6) is 0 Å². The van der Waals surface area contributed by atoms with Crippen molar-refractivity contribution in [1.82, 2.24) is 15.2 Å². The molecule has 0 saturated carbocycles. The molecule has 6 nitrogen and oxygen atoms in total. The average Bonchev–Trinajstić information content (AvgIpc) is 2.59. The van der Waals surface area contributed by atoms with Crippen LogP contribution in [0, 0.1) is 6.92 Å². The van der Waals surface area contributed by atoms with Crippen LogP contribution in [0.25, 0.3) is 0 Å². The van der Waals surface area contributed by atoms with Crippen molar-refractivity contribution >= 4 is 11.8 Å². The van der Waals surface area contributed by atoms with Gasteiger partial charge in [0.1, 0.15) is 5.82 Å². The summed E-state index contributed by atoms with van der Waals surface area (Å²) in [6, 6.07) is 4.02. The standard InChI is InChI=1S/C17H28N4O2/c1-4-15(23-5-2)13-19-17(22)21-11-9-20(10-12-21)16-14(3)7-6-8-18-16/h6-8,15H,4-5,9-13H2,1-3H3,(H,19,22). The first kappa shape index (κ1) is 17.5. The Bertz CT molecular complexity index is 501. The van der Waals surface area contributed by atoms with E-state index in [1.165, 1.54) is 5.56 Å². The molecule has 1 fully saturated rings. The van der Waals surface area contributed by atoms with Gasteiger partial charge < -0.3 is 19.9 Å². The molecule has 0 aliphatic carbocycles. The van der Waals surface area contributed by atoms with Gasteiger partial charge in [0.15, 0.2) is 0 Å². The molecule has 1 atom stereocenters. The molecule has 0 bridgehead atoms.